The average Bonchev–Trinajstić information content (AvgIpc) is 3.52. The van der Waals surface area contributed by atoms with E-state index in [1.807, 2.05) is 36.4 Å². The van der Waals surface area contributed by atoms with Crippen LogP contribution in [0.15, 0.2) is 69.1 Å². The van der Waals surface area contributed by atoms with Gasteiger partial charge in [0.05, 0.1) is 30.5 Å². The van der Waals surface area contributed by atoms with Gasteiger partial charge in [0, 0.05) is 23.3 Å². The van der Waals surface area contributed by atoms with E-state index in [0.717, 1.165) is 36.4 Å². The molecule has 1 fully saturated rings. The Morgan fingerprint density at radius 1 is 1.23 bits per heavy atom. The number of amidine groups is 1. The van der Waals surface area contributed by atoms with Crippen LogP contribution in [0, 0.1) is 5.82 Å². The van der Waals surface area contributed by atoms with Gasteiger partial charge in [-0.15, -0.1) is 0 Å². The van der Waals surface area contributed by atoms with Crippen molar-refractivity contribution in [1.29, 1.82) is 0 Å². The molecule has 1 aromatic heterocycles. The molecule has 2 aromatic carbocycles. The number of rotatable bonds is 7. The molecule has 0 bridgehead atoms. The van der Waals surface area contributed by atoms with Gasteiger partial charge >= 0.3 is 0 Å². The number of amides is 1. The molecule has 204 valence electrons. The number of nitrogens with zero attached hydrogens (tertiary/aromatic N) is 3. The molecule has 2 aliphatic heterocycles. The number of halogens is 1. The van der Waals surface area contributed by atoms with Crippen molar-refractivity contribution in [1.82, 2.24) is 4.90 Å². The van der Waals surface area contributed by atoms with Crippen LogP contribution in [-0.4, -0.2) is 35.2 Å². The number of fused-ring (bicyclic) bond motifs is 1. The molecule has 1 unspecified atom stereocenters. The third-order valence-corrected chi connectivity index (χ3v) is 8.32. The minimum atomic E-state index is -0.334. The molecular weight excluding hydrogens is 513 g/mol. The maximum atomic E-state index is 15.6. The average molecular weight is 548 g/mol. The van der Waals surface area contributed by atoms with Gasteiger partial charge in [0.25, 0.3) is 5.91 Å². The molecule has 0 spiro atoms. The van der Waals surface area contributed by atoms with Crippen LogP contribution in [0.5, 0.6) is 5.75 Å². The number of ether oxygens (including phenoxy) is 1. The number of hydrogen-bond acceptors (Lipinski definition) is 6. The van der Waals surface area contributed by atoms with Crippen molar-refractivity contribution < 1.29 is 18.3 Å². The van der Waals surface area contributed by atoms with Crippen molar-refractivity contribution in [3.8, 4) is 5.75 Å². The summed E-state index contributed by atoms with van der Waals surface area (Å²) in [6.45, 7) is 9.89. The second kappa shape index (κ2) is 10.9. The van der Waals surface area contributed by atoms with Crippen molar-refractivity contribution >= 4 is 40.3 Å². The van der Waals surface area contributed by atoms with Gasteiger partial charge in [-0.3, -0.25) is 9.69 Å². The molecule has 0 N–H and O–H groups in total. The molecule has 1 atom stereocenters. The summed E-state index contributed by atoms with van der Waals surface area (Å²) < 4.78 is 26.4. The highest BCUT2D eigenvalue weighted by Gasteiger charge is 2.37. The number of hydrogen-bond donors (Lipinski definition) is 0. The molecule has 0 aliphatic carbocycles. The molecule has 3 heterocycles. The second-order valence-corrected chi connectivity index (χ2v) is 11.7. The van der Waals surface area contributed by atoms with Crippen molar-refractivity contribution in [3.05, 3.63) is 82.4 Å². The lowest BCUT2D eigenvalue weighted by Gasteiger charge is -2.47. The molecule has 1 saturated heterocycles. The lowest BCUT2D eigenvalue weighted by atomic mass is 9.79. The largest absolute Gasteiger partial charge is 0.497 e. The molecular formula is C31H34FN3O3S. The number of benzene rings is 2. The van der Waals surface area contributed by atoms with Gasteiger partial charge in [0.1, 0.15) is 17.3 Å². The smallest absolute Gasteiger partial charge is 0.267 e. The van der Waals surface area contributed by atoms with E-state index in [4.69, 9.17) is 14.1 Å². The summed E-state index contributed by atoms with van der Waals surface area (Å²) in [5.41, 5.74) is 3.11. The molecule has 2 aliphatic rings. The highest BCUT2D eigenvalue weighted by atomic mass is 32.2. The molecule has 3 aromatic rings. The summed E-state index contributed by atoms with van der Waals surface area (Å²) in [6.07, 6.45) is 5.19. The minimum Gasteiger partial charge on any atom is -0.497 e. The van der Waals surface area contributed by atoms with Crippen LogP contribution in [0.1, 0.15) is 63.3 Å². The topological polar surface area (TPSA) is 58.3 Å². The Bertz CT molecular complexity index is 1410. The maximum Gasteiger partial charge on any atom is 0.267 e. The molecule has 1 amide bonds. The van der Waals surface area contributed by atoms with Crippen LogP contribution in [0.25, 0.3) is 6.08 Å². The molecule has 39 heavy (non-hydrogen) atoms. The highest BCUT2D eigenvalue weighted by molar-refractivity contribution is 8.18. The Labute approximate surface area is 233 Å². The number of furan rings is 1. The maximum absolute atomic E-state index is 15.6. The van der Waals surface area contributed by atoms with Gasteiger partial charge in [0.2, 0.25) is 0 Å². The number of carbonyl (C=O) groups is 1. The zero-order valence-electron chi connectivity index (χ0n) is 23.0. The monoisotopic (exact) mass is 547 g/mol. The summed E-state index contributed by atoms with van der Waals surface area (Å²) in [7, 11) is 1.61. The van der Waals surface area contributed by atoms with Gasteiger partial charge in [-0.2, -0.15) is 0 Å². The lowest BCUT2D eigenvalue weighted by molar-refractivity contribution is -0.122. The summed E-state index contributed by atoms with van der Waals surface area (Å²) in [5, 5.41) is 0.510. The SMILES string of the molecule is CCCN1c2cc(F)c(/C=C3/SC(=Nc4ccc(OC)cc4)N(Cc4ccco4)C3=O)cc2C(C)CC1(C)C. The fourth-order valence-electron chi connectivity index (χ4n) is 5.48. The van der Waals surface area contributed by atoms with Crippen LogP contribution < -0.4 is 9.64 Å². The first kappa shape index (κ1) is 27.1. The van der Waals surface area contributed by atoms with E-state index >= 15 is 4.39 Å². The standard InChI is InChI=1S/C31H34FN3O3S/c1-6-13-35-27-17-26(32)21(15-25(27)20(2)18-31(35,3)4)16-28-29(36)34(19-24-8-7-14-38-24)30(39-28)33-22-9-11-23(37-5)12-10-22/h7-12,14-17,20H,6,13,18-19H2,1-5H3/b28-16+,33-30?. The van der Waals surface area contributed by atoms with Crippen LogP contribution >= 0.6 is 11.8 Å². The van der Waals surface area contributed by atoms with E-state index in [1.54, 1.807) is 36.5 Å². The Morgan fingerprint density at radius 2 is 2.00 bits per heavy atom. The quantitative estimate of drug-likeness (QED) is 0.283. The number of thioether (sulfide) groups is 1. The van der Waals surface area contributed by atoms with Gasteiger partial charge in [-0.25, -0.2) is 9.38 Å². The fraction of sp³-hybridized carbons (Fsp3) is 0.355. The van der Waals surface area contributed by atoms with Gasteiger partial charge in [-0.1, -0.05) is 13.8 Å². The van der Waals surface area contributed by atoms with E-state index in [9.17, 15) is 4.79 Å². The molecule has 8 heteroatoms. The third kappa shape index (κ3) is 5.48. The van der Waals surface area contributed by atoms with Gasteiger partial charge in [-0.05, 0) is 105 Å². The predicted octanol–water partition coefficient (Wildman–Crippen LogP) is 7.73. The van der Waals surface area contributed by atoms with E-state index in [0.29, 0.717) is 27.1 Å². The van der Waals surface area contributed by atoms with Crippen molar-refractivity contribution in [2.75, 3.05) is 18.6 Å². The summed E-state index contributed by atoms with van der Waals surface area (Å²) in [5.74, 6) is 1.07. The Balaban J connectivity index is 1.52. The van der Waals surface area contributed by atoms with Crippen LogP contribution in [0.4, 0.5) is 15.8 Å². The van der Waals surface area contributed by atoms with Crippen molar-refractivity contribution in [2.45, 2.75) is 58.5 Å². The van der Waals surface area contributed by atoms with Crippen LogP contribution in [0.2, 0.25) is 0 Å². The zero-order chi connectivity index (χ0) is 27.7. The zero-order valence-corrected chi connectivity index (χ0v) is 23.8. The fourth-order valence-corrected chi connectivity index (χ4v) is 6.46. The first-order chi connectivity index (χ1) is 18.7. The van der Waals surface area contributed by atoms with E-state index in [2.05, 4.69) is 32.6 Å². The highest BCUT2D eigenvalue weighted by Crippen LogP contribution is 2.45. The Morgan fingerprint density at radius 3 is 2.67 bits per heavy atom. The predicted molar refractivity (Wildman–Crippen MR) is 156 cm³/mol. The van der Waals surface area contributed by atoms with Gasteiger partial charge < -0.3 is 14.1 Å². The first-order valence-electron chi connectivity index (χ1n) is 13.3. The normalized spacial score (nSPS) is 20.7. The number of carbonyl (C=O) groups excluding carboxylic acids is 1. The van der Waals surface area contributed by atoms with Crippen LogP contribution in [-0.2, 0) is 11.3 Å². The lowest BCUT2D eigenvalue weighted by Crippen LogP contribution is -2.48. The minimum absolute atomic E-state index is 0.0503. The third-order valence-electron chi connectivity index (χ3n) is 7.32. The van der Waals surface area contributed by atoms with E-state index < -0.39 is 0 Å². The van der Waals surface area contributed by atoms with E-state index in [-0.39, 0.29) is 29.7 Å². The second-order valence-electron chi connectivity index (χ2n) is 10.7. The number of anilines is 1. The molecule has 0 radical (unpaired) electrons. The molecule has 6 nitrogen and oxygen atoms in total. The first-order valence-corrected chi connectivity index (χ1v) is 14.1. The molecule has 0 saturated carbocycles. The summed E-state index contributed by atoms with van der Waals surface area (Å²) in [6, 6.07) is 14.5. The summed E-state index contributed by atoms with van der Waals surface area (Å²) in [4.78, 5) is 22.6. The molecule has 5 rings (SSSR count). The van der Waals surface area contributed by atoms with Crippen molar-refractivity contribution in [3.63, 3.8) is 0 Å². The van der Waals surface area contributed by atoms with E-state index in [1.165, 1.54) is 11.8 Å². The Hall–Kier alpha value is -3.52. The summed E-state index contributed by atoms with van der Waals surface area (Å²) >= 11 is 1.24. The number of methoxy groups -OCH3 is 1. The Kier molecular flexibility index (Phi) is 7.58. The van der Waals surface area contributed by atoms with Crippen molar-refractivity contribution in [2.24, 2.45) is 4.99 Å². The number of aliphatic imine (C=N–C) groups is 1. The van der Waals surface area contributed by atoms with Crippen LogP contribution in [0.3, 0.4) is 0 Å². The van der Waals surface area contributed by atoms with Gasteiger partial charge in [0.15, 0.2) is 5.17 Å².